The number of hydrogen-bond donors (Lipinski definition) is 1. The lowest BCUT2D eigenvalue weighted by Crippen LogP contribution is -2.37. The van der Waals surface area contributed by atoms with Crippen LogP contribution in [0, 0.1) is 11.8 Å². The third-order valence-corrected chi connectivity index (χ3v) is 3.90. The summed E-state index contributed by atoms with van der Waals surface area (Å²) in [7, 11) is 1.84. The maximum atomic E-state index is 12.4. The predicted molar refractivity (Wildman–Crippen MR) is 82.6 cm³/mol. The Balaban J connectivity index is 2.69. The summed E-state index contributed by atoms with van der Waals surface area (Å²) in [5.41, 5.74) is 6.84. The van der Waals surface area contributed by atoms with Crippen molar-refractivity contribution < 1.29 is 4.79 Å². The van der Waals surface area contributed by atoms with Crippen molar-refractivity contribution in [3.63, 3.8) is 0 Å². The Morgan fingerprint density at radius 2 is 2.00 bits per heavy atom. The summed E-state index contributed by atoms with van der Waals surface area (Å²) in [5.74, 6) is 0.536. The van der Waals surface area contributed by atoms with Gasteiger partial charge in [0.1, 0.15) is 0 Å². The molecular weight excluding hydrogens is 304 g/mol. The molecule has 2 N–H and O–H groups in total. The summed E-state index contributed by atoms with van der Waals surface area (Å²) in [6.07, 6.45) is 0.843. The van der Waals surface area contributed by atoms with Gasteiger partial charge in [-0.25, -0.2) is 0 Å². The molecule has 0 aliphatic heterocycles. The van der Waals surface area contributed by atoms with Crippen LogP contribution in [0.3, 0.4) is 0 Å². The Kier molecular flexibility index (Phi) is 6.52. The molecule has 0 aliphatic carbocycles. The SMILES string of the molecule is CC(C)CC(CN)C(=O)N(C)Cc1ccccc1Br. The summed E-state index contributed by atoms with van der Waals surface area (Å²) in [4.78, 5) is 14.1. The van der Waals surface area contributed by atoms with Crippen LogP contribution in [0.1, 0.15) is 25.8 Å². The number of rotatable bonds is 6. The van der Waals surface area contributed by atoms with Crippen molar-refractivity contribution in [1.82, 2.24) is 4.90 Å². The Bertz CT molecular complexity index is 420. The van der Waals surface area contributed by atoms with Crippen LogP contribution in [-0.4, -0.2) is 24.4 Å². The van der Waals surface area contributed by atoms with Crippen molar-refractivity contribution >= 4 is 21.8 Å². The first-order chi connectivity index (χ1) is 8.95. The molecule has 1 unspecified atom stereocenters. The highest BCUT2D eigenvalue weighted by Gasteiger charge is 2.22. The van der Waals surface area contributed by atoms with E-state index in [1.807, 2.05) is 31.3 Å². The maximum Gasteiger partial charge on any atom is 0.227 e. The van der Waals surface area contributed by atoms with Gasteiger partial charge < -0.3 is 10.6 Å². The highest BCUT2D eigenvalue weighted by Crippen LogP contribution is 2.19. The number of carbonyl (C=O) groups excluding carboxylic acids is 1. The maximum absolute atomic E-state index is 12.4. The second-order valence-electron chi connectivity index (χ2n) is 5.35. The van der Waals surface area contributed by atoms with Crippen LogP contribution < -0.4 is 5.73 Å². The van der Waals surface area contributed by atoms with Crippen LogP contribution in [0.15, 0.2) is 28.7 Å². The van der Waals surface area contributed by atoms with Gasteiger partial charge in [0.2, 0.25) is 5.91 Å². The van der Waals surface area contributed by atoms with Crippen LogP contribution in [0.25, 0.3) is 0 Å². The minimum absolute atomic E-state index is 0.0764. The first-order valence-electron chi connectivity index (χ1n) is 6.64. The molecule has 0 bridgehead atoms. The lowest BCUT2D eigenvalue weighted by atomic mass is 9.96. The topological polar surface area (TPSA) is 46.3 Å². The van der Waals surface area contributed by atoms with E-state index in [4.69, 9.17) is 5.73 Å². The van der Waals surface area contributed by atoms with E-state index in [9.17, 15) is 4.79 Å². The molecular formula is C15H23BrN2O. The van der Waals surface area contributed by atoms with E-state index in [0.29, 0.717) is 19.0 Å². The highest BCUT2D eigenvalue weighted by molar-refractivity contribution is 9.10. The molecule has 4 heteroatoms. The third-order valence-electron chi connectivity index (χ3n) is 3.13. The second kappa shape index (κ2) is 7.65. The van der Waals surface area contributed by atoms with Gasteiger partial charge in [-0.2, -0.15) is 0 Å². The molecule has 1 atom stereocenters. The average molecular weight is 327 g/mol. The Morgan fingerprint density at radius 3 is 2.53 bits per heavy atom. The Hall–Kier alpha value is -0.870. The lowest BCUT2D eigenvalue weighted by Gasteiger charge is -2.24. The number of halogens is 1. The minimum Gasteiger partial charge on any atom is -0.341 e. The normalized spacial score (nSPS) is 12.5. The molecule has 1 aromatic rings. The van der Waals surface area contributed by atoms with Gasteiger partial charge in [0, 0.05) is 24.6 Å². The predicted octanol–water partition coefficient (Wildman–Crippen LogP) is 3.03. The quantitative estimate of drug-likeness (QED) is 0.873. The summed E-state index contributed by atoms with van der Waals surface area (Å²) in [6, 6.07) is 7.96. The van der Waals surface area contributed by atoms with Gasteiger partial charge in [0.25, 0.3) is 0 Å². The number of nitrogens with zero attached hydrogens (tertiary/aromatic N) is 1. The zero-order valence-corrected chi connectivity index (χ0v) is 13.5. The molecule has 0 aliphatic rings. The molecule has 1 aromatic carbocycles. The fraction of sp³-hybridized carbons (Fsp3) is 0.533. The number of amides is 1. The lowest BCUT2D eigenvalue weighted by molar-refractivity contribution is -0.134. The zero-order valence-electron chi connectivity index (χ0n) is 11.9. The van der Waals surface area contributed by atoms with E-state index in [2.05, 4.69) is 29.8 Å². The molecule has 0 aromatic heterocycles. The van der Waals surface area contributed by atoms with Gasteiger partial charge in [-0.15, -0.1) is 0 Å². The molecule has 3 nitrogen and oxygen atoms in total. The van der Waals surface area contributed by atoms with Crippen LogP contribution in [0.4, 0.5) is 0 Å². The number of benzene rings is 1. The van der Waals surface area contributed by atoms with Crippen molar-refractivity contribution in [2.45, 2.75) is 26.8 Å². The standard InChI is InChI=1S/C15H23BrN2O/c1-11(2)8-13(9-17)15(19)18(3)10-12-6-4-5-7-14(12)16/h4-7,11,13H,8-10,17H2,1-3H3. The molecule has 0 radical (unpaired) electrons. The minimum atomic E-state index is -0.0764. The van der Waals surface area contributed by atoms with E-state index in [0.717, 1.165) is 16.5 Å². The fourth-order valence-corrected chi connectivity index (χ4v) is 2.55. The second-order valence-corrected chi connectivity index (χ2v) is 6.20. The summed E-state index contributed by atoms with van der Waals surface area (Å²) >= 11 is 3.51. The van der Waals surface area contributed by atoms with Crippen molar-refractivity contribution in [2.75, 3.05) is 13.6 Å². The molecule has 19 heavy (non-hydrogen) atoms. The zero-order chi connectivity index (χ0) is 14.4. The van der Waals surface area contributed by atoms with Crippen molar-refractivity contribution in [3.8, 4) is 0 Å². The van der Waals surface area contributed by atoms with E-state index in [1.54, 1.807) is 4.90 Å². The molecule has 0 spiro atoms. The number of nitrogens with two attached hydrogens (primary N) is 1. The molecule has 106 valence electrons. The number of hydrogen-bond acceptors (Lipinski definition) is 2. The monoisotopic (exact) mass is 326 g/mol. The first kappa shape index (κ1) is 16.2. The van der Waals surface area contributed by atoms with Gasteiger partial charge >= 0.3 is 0 Å². The van der Waals surface area contributed by atoms with E-state index in [1.165, 1.54) is 0 Å². The van der Waals surface area contributed by atoms with Crippen molar-refractivity contribution in [3.05, 3.63) is 34.3 Å². The molecule has 1 rings (SSSR count). The van der Waals surface area contributed by atoms with Crippen molar-refractivity contribution in [1.29, 1.82) is 0 Å². The van der Waals surface area contributed by atoms with E-state index >= 15 is 0 Å². The van der Waals surface area contributed by atoms with Gasteiger partial charge in [-0.1, -0.05) is 48.0 Å². The van der Waals surface area contributed by atoms with Gasteiger partial charge in [-0.05, 0) is 24.0 Å². The summed E-state index contributed by atoms with van der Waals surface area (Å²) < 4.78 is 1.03. The van der Waals surface area contributed by atoms with Crippen LogP contribution in [0.5, 0.6) is 0 Å². The van der Waals surface area contributed by atoms with Crippen LogP contribution >= 0.6 is 15.9 Å². The third kappa shape index (κ3) is 4.96. The first-order valence-corrected chi connectivity index (χ1v) is 7.43. The fourth-order valence-electron chi connectivity index (χ4n) is 2.14. The number of carbonyl (C=O) groups is 1. The van der Waals surface area contributed by atoms with Gasteiger partial charge in [0.15, 0.2) is 0 Å². The molecule has 0 saturated carbocycles. The molecule has 0 fully saturated rings. The van der Waals surface area contributed by atoms with E-state index < -0.39 is 0 Å². The van der Waals surface area contributed by atoms with E-state index in [-0.39, 0.29) is 11.8 Å². The van der Waals surface area contributed by atoms with Gasteiger partial charge in [-0.3, -0.25) is 4.79 Å². The van der Waals surface area contributed by atoms with Gasteiger partial charge in [0.05, 0.1) is 5.92 Å². The Labute approximate surface area is 124 Å². The summed E-state index contributed by atoms with van der Waals surface area (Å²) in [5, 5.41) is 0. The highest BCUT2D eigenvalue weighted by atomic mass is 79.9. The Morgan fingerprint density at radius 1 is 1.37 bits per heavy atom. The smallest absolute Gasteiger partial charge is 0.227 e. The molecule has 0 heterocycles. The molecule has 1 amide bonds. The van der Waals surface area contributed by atoms with Crippen LogP contribution in [0.2, 0.25) is 0 Å². The largest absolute Gasteiger partial charge is 0.341 e. The summed E-state index contributed by atoms with van der Waals surface area (Å²) in [6.45, 7) is 5.25. The average Bonchev–Trinajstić information content (AvgIpc) is 2.37. The molecule has 0 saturated heterocycles. The van der Waals surface area contributed by atoms with Crippen molar-refractivity contribution in [2.24, 2.45) is 17.6 Å². The van der Waals surface area contributed by atoms with Crippen LogP contribution in [-0.2, 0) is 11.3 Å².